The zero-order valence-corrected chi connectivity index (χ0v) is 15.1. The Hall–Kier alpha value is -2.67. The molecule has 0 aromatic heterocycles. The number of ketones is 1. The molecule has 0 saturated carbocycles. The van der Waals surface area contributed by atoms with Crippen molar-refractivity contribution >= 4 is 35.1 Å². The monoisotopic (exact) mass is 375 g/mol. The van der Waals surface area contributed by atoms with Gasteiger partial charge in [-0.2, -0.15) is 0 Å². The molecule has 0 bridgehead atoms. The highest BCUT2D eigenvalue weighted by Gasteiger charge is 2.21. The average Bonchev–Trinajstić information content (AvgIpc) is 2.62. The molecule has 5 nitrogen and oxygen atoms in total. The molecular formula is C19H18FNO4S. The number of benzene rings is 2. The number of para-hydroxylation sites is 1. The minimum Gasteiger partial charge on any atom is -0.449 e. The van der Waals surface area contributed by atoms with Crippen LogP contribution in [-0.4, -0.2) is 29.5 Å². The van der Waals surface area contributed by atoms with E-state index in [0.717, 1.165) is 0 Å². The van der Waals surface area contributed by atoms with E-state index in [1.54, 1.807) is 30.3 Å². The lowest BCUT2D eigenvalue weighted by molar-refractivity contribution is -0.123. The van der Waals surface area contributed by atoms with Gasteiger partial charge in [-0.1, -0.05) is 24.3 Å². The van der Waals surface area contributed by atoms with Gasteiger partial charge < -0.3 is 10.1 Å². The van der Waals surface area contributed by atoms with E-state index in [0.29, 0.717) is 4.90 Å². The lowest BCUT2D eigenvalue weighted by Crippen LogP contribution is -2.30. The number of rotatable bonds is 7. The molecule has 1 N–H and O–H groups in total. The molecule has 0 aliphatic rings. The van der Waals surface area contributed by atoms with E-state index in [2.05, 4.69) is 5.32 Å². The van der Waals surface area contributed by atoms with Crippen molar-refractivity contribution in [3.63, 3.8) is 0 Å². The van der Waals surface area contributed by atoms with Gasteiger partial charge >= 0.3 is 5.97 Å². The topological polar surface area (TPSA) is 72.5 Å². The summed E-state index contributed by atoms with van der Waals surface area (Å²) in [5.74, 6) is -1.69. The predicted molar refractivity (Wildman–Crippen MR) is 97.8 cm³/mol. The van der Waals surface area contributed by atoms with Gasteiger partial charge in [0.15, 0.2) is 6.10 Å². The molecule has 1 amide bonds. The number of esters is 1. The van der Waals surface area contributed by atoms with E-state index in [1.165, 1.54) is 43.8 Å². The number of anilines is 1. The number of Topliss-reactive ketones (excluding diaryl/α,β-unsaturated/α-hetero) is 1. The average molecular weight is 375 g/mol. The molecule has 0 saturated heterocycles. The number of nitrogens with one attached hydrogen (secondary N) is 1. The highest BCUT2D eigenvalue weighted by Crippen LogP contribution is 2.24. The Balaban J connectivity index is 2.04. The van der Waals surface area contributed by atoms with Crippen LogP contribution in [0.15, 0.2) is 53.4 Å². The van der Waals surface area contributed by atoms with Crippen molar-refractivity contribution in [3.8, 4) is 0 Å². The van der Waals surface area contributed by atoms with Gasteiger partial charge in [0.25, 0.3) is 5.91 Å². The van der Waals surface area contributed by atoms with Gasteiger partial charge in [0.2, 0.25) is 0 Å². The first-order chi connectivity index (χ1) is 12.4. The van der Waals surface area contributed by atoms with Gasteiger partial charge in [-0.15, -0.1) is 11.8 Å². The molecule has 0 aliphatic carbocycles. The number of ether oxygens (including phenoxy) is 1. The van der Waals surface area contributed by atoms with E-state index in [1.807, 2.05) is 0 Å². The molecule has 1 atom stereocenters. The van der Waals surface area contributed by atoms with Gasteiger partial charge in [-0.05, 0) is 38.1 Å². The van der Waals surface area contributed by atoms with Crippen molar-refractivity contribution < 1.29 is 23.5 Å². The summed E-state index contributed by atoms with van der Waals surface area (Å²) >= 11 is 1.22. The van der Waals surface area contributed by atoms with Crippen LogP contribution >= 0.6 is 11.8 Å². The molecule has 136 valence electrons. The number of halogens is 1. The van der Waals surface area contributed by atoms with Gasteiger partial charge in [-0.25, -0.2) is 9.18 Å². The standard InChI is InChI=1S/C19H18FNO4S/c1-12(22)11-26-17-10-6-3-7-14(17)19(24)25-13(2)18(23)21-16-9-5-4-8-15(16)20/h3-10,13H,11H2,1-2H3,(H,21,23)/t13-/m1/s1. The number of thioether (sulfide) groups is 1. The molecule has 0 radical (unpaired) electrons. The summed E-state index contributed by atoms with van der Waals surface area (Å²) in [6.45, 7) is 2.86. The zero-order chi connectivity index (χ0) is 19.1. The molecule has 2 aromatic rings. The number of hydrogen-bond acceptors (Lipinski definition) is 5. The van der Waals surface area contributed by atoms with E-state index < -0.39 is 23.8 Å². The van der Waals surface area contributed by atoms with Gasteiger partial charge in [-0.3, -0.25) is 9.59 Å². The quantitative estimate of drug-likeness (QED) is 0.590. The van der Waals surface area contributed by atoms with Crippen LogP contribution in [0.4, 0.5) is 10.1 Å². The Morgan fingerprint density at radius 2 is 1.77 bits per heavy atom. The summed E-state index contributed by atoms with van der Waals surface area (Å²) in [7, 11) is 0. The number of carbonyl (C=O) groups excluding carboxylic acids is 3. The van der Waals surface area contributed by atoms with Crippen molar-refractivity contribution in [1.29, 1.82) is 0 Å². The first-order valence-corrected chi connectivity index (χ1v) is 8.84. The first kappa shape index (κ1) is 19.7. The van der Waals surface area contributed by atoms with Gasteiger partial charge in [0, 0.05) is 4.90 Å². The second kappa shape index (κ2) is 9.15. The zero-order valence-electron chi connectivity index (χ0n) is 14.3. The maximum atomic E-state index is 13.6. The fourth-order valence-electron chi connectivity index (χ4n) is 2.02. The summed E-state index contributed by atoms with van der Waals surface area (Å²) in [5.41, 5.74) is 0.280. The largest absolute Gasteiger partial charge is 0.449 e. The highest BCUT2D eigenvalue weighted by molar-refractivity contribution is 8.00. The molecule has 2 rings (SSSR count). The fourth-order valence-corrected chi connectivity index (χ4v) is 2.86. The smallest absolute Gasteiger partial charge is 0.340 e. The molecule has 0 spiro atoms. The normalized spacial score (nSPS) is 11.5. The fraction of sp³-hybridized carbons (Fsp3) is 0.211. The van der Waals surface area contributed by atoms with Gasteiger partial charge in [0.05, 0.1) is 17.0 Å². The van der Waals surface area contributed by atoms with Crippen LogP contribution in [0.5, 0.6) is 0 Å². The summed E-state index contributed by atoms with van der Waals surface area (Å²) in [4.78, 5) is 36.2. The van der Waals surface area contributed by atoms with Crippen molar-refractivity contribution in [2.75, 3.05) is 11.1 Å². The van der Waals surface area contributed by atoms with Crippen LogP contribution in [0.2, 0.25) is 0 Å². The maximum absolute atomic E-state index is 13.6. The highest BCUT2D eigenvalue weighted by atomic mass is 32.2. The van der Waals surface area contributed by atoms with Crippen LogP contribution in [0, 0.1) is 5.82 Å². The van der Waals surface area contributed by atoms with Crippen LogP contribution in [0.1, 0.15) is 24.2 Å². The first-order valence-electron chi connectivity index (χ1n) is 7.86. The third-order valence-corrected chi connectivity index (χ3v) is 4.54. The molecular weight excluding hydrogens is 357 g/mol. The minimum absolute atomic E-state index is 0.0119. The summed E-state index contributed by atoms with van der Waals surface area (Å²) < 4.78 is 18.8. The third-order valence-electron chi connectivity index (χ3n) is 3.32. The van der Waals surface area contributed by atoms with E-state index >= 15 is 0 Å². The van der Waals surface area contributed by atoms with Crippen LogP contribution in [-0.2, 0) is 14.3 Å². The Kier molecular flexibility index (Phi) is 6.91. The van der Waals surface area contributed by atoms with Crippen LogP contribution < -0.4 is 5.32 Å². The molecule has 26 heavy (non-hydrogen) atoms. The van der Waals surface area contributed by atoms with Crippen LogP contribution in [0.25, 0.3) is 0 Å². The van der Waals surface area contributed by atoms with Crippen molar-refractivity contribution in [2.45, 2.75) is 24.8 Å². The molecule has 0 aliphatic heterocycles. The molecule has 0 fully saturated rings. The van der Waals surface area contributed by atoms with E-state index in [9.17, 15) is 18.8 Å². The Morgan fingerprint density at radius 3 is 2.46 bits per heavy atom. The Morgan fingerprint density at radius 1 is 1.12 bits per heavy atom. The third kappa shape index (κ3) is 5.42. The Bertz CT molecular complexity index is 825. The second-order valence-corrected chi connectivity index (χ2v) is 6.52. The van der Waals surface area contributed by atoms with Crippen molar-refractivity contribution in [2.24, 2.45) is 0 Å². The SMILES string of the molecule is CC(=O)CSc1ccccc1C(=O)O[C@H](C)C(=O)Nc1ccccc1F. The summed E-state index contributed by atoms with van der Waals surface area (Å²) in [5, 5.41) is 2.38. The molecule has 0 unspecified atom stereocenters. The predicted octanol–water partition coefficient (Wildman–Crippen LogP) is 3.69. The molecule has 2 aromatic carbocycles. The Labute approximate surface area is 154 Å². The van der Waals surface area contributed by atoms with E-state index in [-0.39, 0.29) is 22.8 Å². The van der Waals surface area contributed by atoms with Gasteiger partial charge in [0.1, 0.15) is 11.6 Å². The lowest BCUT2D eigenvalue weighted by atomic mass is 10.2. The van der Waals surface area contributed by atoms with Crippen LogP contribution in [0.3, 0.4) is 0 Å². The number of hydrogen-bond donors (Lipinski definition) is 1. The summed E-state index contributed by atoms with van der Waals surface area (Å²) in [6.07, 6.45) is -1.12. The van der Waals surface area contributed by atoms with Crippen molar-refractivity contribution in [1.82, 2.24) is 0 Å². The number of carbonyl (C=O) groups is 3. The maximum Gasteiger partial charge on any atom is 0.340 e. The number of amides is 1. The summed E-state index contributed by atoms with van der Waals surface area (Å²) in [6, 6.07) is 12.4. The lowest BCUT2D eigenvalue weighted by Gasteiger charge is -2.15. The second-order valence-electron chi connectivity index (χ2n) is 5.50. The molecule has 7 heteroatoms. The van der Waals surface area contributed by atoms with Crippen molar-refractivity contribution in [3.05, 3.63) is 59.9 Å². The minimum atomic E-state index is -1.12. The molecule has 0 heterocycles. The van der Waals surface area contributed by atoms with E-state index in [4.69, 9.17) is 4.74 Å².